The van der Waals surface area contributed by atoms with Gasteiger partial charge in [0.25, 0.3) is 0 Å². The van der Waals surface area contributed by atoms with E-state index in [1.807, 2.05) is 22.9 Å². The molecule has 0 radical (unpaired) electrons. The molecule has 1 aliphatic rings. The van der Waals surface area contributed by atoms with Gasteiger partial charge in [-0.2, -0.15) is 0 Å². The molecule has 0 atom stereocenters. The predicted octanol–water partition coefficient (Wildman–Crippen LogP) is 5.00. The number of phenols is 1. The van der Waals surface area contributed by atoms with Crippen molar-refractivity contribution < 1.29 is 10.2 Å². The van der Waals surface area contributed by atoms with Crippen molar-refractivity contribution in [1.29, 1.82) is 5.41 Å². The zero-order valence-electron chi connectivity index (χ0n) is 12.7. The van der Waals surface area contributed by atoms with Gasteiger partial charge < -0.3 is 15.1 Å². The molecular weight excluding hydrogens is 378 g/mol. The monoisotopic (exact) mass is 389 g/mol. The Labute approximate surface area is 156 Å². The molecule has 8 heteroatoms. The smallest absolute Gasteiger partial charge is 0.139 e. The summed E-state index contributed by atoms with van der Waals surface area (Å²) in [6, 6.07) is 8.55. The summed E-state index contributed by atoms with van der Waals surface area (Å²) in [6.45, 7) is 0.0932. The molecule has 0 amide bonds. The lowest BCUT2D eigenvalue weighted by molar-refractivity contribution is 0.411. The predicted molar refractivity (Wildman–Crippen MR) is 103 cm³/mol. The highest BCUT2D eigenvalue weighted by molar-refractivity contribution is 7.14. The molecule has 0 saturated heterocycles. The first-order valence-corrected chi connectivity index (χ1v) is 9.45. The van der Waals surface area contributed by atoms with Gasteiger partial charge in [-0.05, 0) is 29.6 Å². The van der Waals surface area contributed by atoms with E-state index in [2.05, 4.69) is 4.98 Å². The van der Waals surface area contributed by atoms with Crippen molar-refractivity contribution in [3.05, 3.63) is 56.9 Å². The van der Waals surface area contributed by atoms with E-state index in [-0.39, 0.29) is 23.9 Å². The Morgan fingerprint density at radius 3 is 2.80 bits per heavy atom. The average Bonchev–Trinajstić information content (AvgIpc) is 3.30. The maximum absolute atomic E-state index is 10.4. The summed E-state index contributed by atoms with van der Waals surface area (Å²) in [6.07, 6.45) is 0. The third kappa shape index (κ3) is 2.80. The number of phenolic OH excluding ortho intramolecular Hbond substituents is 1. The van der Waals surface area contributed by atoms with Crippen LogP contribution in [0.3, 0.4) is 0 Å². The van der Waals surface area contributed by atoms with Crippen LogP contribution in [0.5, 0.6) is 5.75 Å². The Kier molecular flexibility index (Phi) is 3.99. The third-order valence-corrected chi connectivity index (χ3v) is 5.81. The van der Waals surface area contributed by atoms with Crippen LogP contribution in [0.1, 0.15) is 5.01 Å². The topological polar surface area (TPSA) is 80.4 Å². The molecule has 5 nitrogen and oxygen atoms in total. The number of anilines is 1. The summed E-state index contributed by atoms with van der Waals surface area (Å²) < 4.78 is 0. The molecule has 3 aromatic rings. The number of nitrogens with one attached hydrogen (secondary N) is 1. The Balaban J connectivity index is 1.69. The molecule has 0 fully saturated rings. The Morgan fingerprint density at radius 2 is 2.04 bits per heavy atom. The zero-order valence-corrected chi connectivity index (χ0v) is 15.1. The van der Waals surface area contributed by atoms with Gasteiger partial charge in [-0.15, -0.1) is 22.7 Å². The van der Waals surface area contributed by atoms with E-state index < -0.39 is 0 Å². The highest BCUT2D eigenvalue weighted by atomic mass is 35.5. The minimum absolute atomic E-state index is 0.00149. The molecule has 0 spiro atoms. The Morgan fingerprint density at radius 1 is 1.20 bits per heavy atom. The minimum Gasteiger partial charge on any atom is -0.510 e. The number of hydrogen-bond acceptors (Lipinski definition) is 6. The number of aliphatic hydroxyl groups is 1. The normalized spacial score (nSPS) is 14.6. The largest absolute Gasteiger partial charge is 0.510 e. The molecule has 1 aliphatic heterocycles. The maximum atomic E-state index is 10.4. The van der Waals surface area contributed by atoms with E-state index in [4.69, 9.17) is 17.0 Å². The van der Waals surface area contributed by atoms with Gasteiger partial charge in [0.1, 0.15) is 22.4 Å². The Hall–Kier alpha value is -2.35. The molecule has 25 heavy (non-hydrogen) atoms. The second-order valence-electron chi connectivity index (χ2n) is 5.40. The summed E-state index contributed by atoms with van der Waals surface area (Å²) in [5, 5.41) is 33.8. The number of benzene rings is 1. The number of aromatic nitrogens is 1. The molecule has 0 saturated carbocycles. The van der Waals surface area contributed by atoms with Gasteiger partial charge in [0.2, 0.25) is 0 Å². The van der Waals surface area contributed by atoms with Crippen LogP contribution in [-0.2, 0) is 0 Å². The molecule has 0 unspecified atom stereocenters. The van der Waals surface area contributed by atoms with Gasteiger partial charge in [0, 0.05) is 10.4 Å². The molecule has 4 rings (SSSR count). The number of rotatable bonds is 3. The van der Waals surface area contributed by atoms with E-state index >= 15 is 0 Å². The van der Waals surface area contributed by atoms with Crippen LogP contribution in [-0.4, -0.2) is 27.6 Å². The number of halogens is 1. The fourth-order valence-corrected chi connectivity index (χ4v) is 4.46. The first kappa shape index (κ1) is 16.1. The van der Waals surface area contributed by atoms with E-state index in [1.54, 1.807) is 23.5 Å². The lowest BCUT2D eigenvalue weighted by Gasteiger charge is -2.19. The number of aliphatic hydroxyl groups excluding tert-OH is 1. The molecule has 3 N–H and O–H groups in total. The number of thiazole rings is 1. The van der Waals surface area contributed by atoms with Gasteiger partial charge in [-0.1, -0.05) is 17.7 Å². The molecule has 0 bridgehead atoms. The van der Waals surface area contributed by atoms with Gasteiger partial charge in [0.15, 0.2) is 0 Å². The molecule has 126 valence electrons. The van der Waals surface area contributed by atoms with Gasteiger partial charge in [-0.3, -0.25) is 5.41 Å². The first-order valence-electron chi connectivity index (χ1n) is 7.31. The van der Waals surface area contributed by atoms with E-state index in [0.29, 0.717) is 21.3 Å². The van der Waals surface area contributed by atoms with Crippen LogP contribution in [0.25, 0.3) is 16.1 Å². The fourth-order valence-electron chi connectivity index (χ4n) is 2.65. The molecule has 0 aliphatic carbocycles. The summed E-state index contributed by atoms with van der Waals surface area (Å²) in [4.78, 5) is 7.11. The van der Waals surface area contributed by atoms with Crippen molar-refractivity contribution in [2.24, 2.45) is 0 Å². The zero-order chi connectivity index (χ0) is 17.6. The standard InChI is InChI=1S/C17H12ClN3O2S2/c18-9-3-4-12(22)11(6-9)21-7-13(23)15(16(21)19)17-20-10(8-25-17)14-2-1-5-24-14/h1-6,8,19,22-23H,7H2. The first-order chi connectivity index (χ1) is 12.0. The molecule has 3 heterocycles. The molecule has 2 aromatic heterocycles. The second-order valence-corrected chi connectivity index (χ2v) is 7.65. The number of nitrogens with zero attached hydrogens (tertiary/aromatic N) is 2. The van der Waals surface area contributed by atoms with Crippen LogP contribution in [0.2, 0.25) is 5.02 Å². The summed E-state index contributed by atoms with van der Waals surface area (Å²) in [7, 11) is 0. The van der Waals surface area contributed by atoms with E-state index in [1.165, 1.54) is 22.3 Å². The Bertz CT molecular complexity index is 995. The number of thiophene rings is 1. The average molecular weight is 390 g/mol. The lowest BCUT2D eigenvalue weighted by Crippen LogP contribution is -2.26. The van der Waals surface area contributed by atoms with Crippen LogP contribution in [0, 0.1) is 5.41 Å². The SMILES string of the molecule is N=C1C(c2nc(-c3cccs3)cs2)=C(O)CN1c1cc(Cl)ccc1O. The van der Waals surface area contributed by atoms with Gasteiger partial charge in [0.05, 0.1) is 28.4 Å². The fraction of sp³-hybridized carbons (Fsp3) is 0.0588. The van der Waals surface area contributed by atoms with Crippen LogP contribution in [0.4, 0.5) is 5.69 Å². The van der Waals surface area contributed by atoms with Gasteiger partial charge >= 0.3 is 0 Å². The van der Waals surface area contributed by atoms with Crippen molar-refractivity contribution >= 4 is 51.4 Å². The molecule has 1 aromatic carbocycles. The highest BCUT2D eigenvalue weighted by Gasteiger charge is 2.32. The van der Waals surface area contributed by atoms with Crippen LogP contribution in [0.15, 0.2) is 46.9 Å². The van der Waals surface area contributed by atoms with Gasteiger partial charge in [-0.25, -0.2) is 4.98 Å². The summed E-state index contributed by atoms with van der Waals surface area (Å²) in [5.74, 6) is 0.139. The van der Waals surface area contributed by atoms with Crippen molar-refractivity contribution in [3.8, 4) is 16.3 Å². The summed E-state index contributed by atoms with van der Waals surface area (Å²) in [5.41, 5.74) is 1.59. The van der Waals surface area contributed by atoms with Crippen molar-refractivity contribution in [2.75, 3.05) is 11.4 Å². The highest BCUT2D eigenvalue weighted by Crippen LogP contribution is 2.38. The van der Waals surface area contributed by atoms with Crippen molar-refractivity contribution in [2.45, 2.75) is 0 Å². The van der Waals surface area contributed by atoms with E-state index in [0.717, 1.165) is 10.6 Å². The summed E-state index contributed by atoms with van der Waals surface area (Å²) >= 11 is 8.97. The number of amidine groups is 1. The number of aromatic hydroxyl groups is 1. The minimum atomic E-state index is 0.00149. The van der Waals surface area contributed by atoms with Crippen molar-refractivity contribution in [1.82, 2.24) is 4.98 Å². The quantitative estimate of drug-likeness (QED) is 0.589. The van der Waals surface area contributed by atoms with E-state index in [9.17, 15) is 10.2 Å². The third-order valence-electron chi connectivity index (χ3n) is 3.82. The molecular formula is C17H12ClN3O2S2. The van der Waals surface area contributed by atoms with Crippen LogP contribution >= 0.6 is 34.3 Å². The van der Waals surface area contributed by atoms with Crippen molar-refractivity contribution in [3.63, 3.8) is 0 Å². The lowest BCUT2D eigenvalue weighted by atomic mass is 10.2. The maximum Gasteiger partial charge on any atom is 0.139 e. The second kappa shape index (κ2) is 6.18. The van der Waals surface area contributed by atoms with Crippen LogP contribution < -0.4 is 4.90 Å². The number of hydrogen-bond donors (Lipinski definition) is 3.